The number of carbonyl (C=O) groups excluding carboxylic acids is 2. The summed E-state index contributed by atoms with van der Waals surface area (Å²) in [6, 6.07) is 13.4. The van der Waals surface area contributed by atoms with E-state index in [1.807, 2.05) is 30.3 Å². The summed E-state index contributed by atoms with van der Waals surface area (Å²) < 4.78 is 14.1. The highest BCUT2D eigenvalue weighted by atomic mass is 19.1. The fraction of sp³-hybridized carbons (Fsp3) is 0.364. The zero-order valence-electron chi connectivity index (χ0n) is 15.2. The van der Waals surface area contributed by atoms with Crippen molar-refractivity contribution < 1.29 is 14.0 Å². The topological polar surface area (TPSA) is 49.4 Å². The molecule has 2 amide bonds. The van der Waals surface area contributed by atoms with E-state index in [1.165, 1.54) is 12.1 Å². The Balaban J connectivity index is 1.81. The maximum atomic E-state index is 14.1. The van der Waals surface area contributed by atoms with E-state index in [0.29, 0.717) is 11.3 Å². The van der Waals surface area contributed by atoms with Crippen LogP contribution in [0.1, 0.15) is 49.3 Å². The molecular weight excluding hydrogens is 343 g/mol. The molecule has 1 atom stereocenters. The summed E-state index contributed by atoms with van der Waals surface area (Å²) in [7, 11) is 0. The second kappa shape index (κ2) is 7.51. The maximum Gasteiger partial charge on any atom is 0.244 e. The van der Waals surface area contributed by atoms with Gasteiger partial charge in [-0.15, -0.1) is 0 Å². The van der Waals surface area contributed by atoms with Gasteiger partial charge in [0.25, 0.3) is 0 Å². The van der Waals surface area contributed by atoms with Gasteiger partial charge in [0.2, 0.25) is 11.8 Å². The third-order valence-electron chi connectivity index (χ3n) is 5.56. The third-order valence-corrected chi connectivity index (χ3v) is 5.56. The monoisotopic (exact) mass is 366 g/mol. The van der Waals surface area contributed by atoms with Crippen LogP contribution in [0, 0.1) is 11.7 Å². The quantitative estimate of drug-likeness (QED) is 0.863. The molecule has 0 saturated heterocycles. The highest BCUT2D eigenvalue weighted by Gasteiger charge is 2.36. The predicted octanol–water partition coefficient (Wildman–Crippen LogP) is 4.28. The van der Waals surface area contributed by atoms with Crippen LogP contribution >= 0.6 is 0 Å². The van der Waals surface area contributed by atoms with Crippen LogP contribution in [-0.2, 0) is 9.59 Å². The summed E-state index contributed by atoms with van der Waals surface area (Å²) in [4.78, 5) is 27.5. The first kappa shape index (κ1) is 17.7. The number of amides is 2. The molecule has 0 spiro atoms. The first-order valence-electron chi connectivity index (χ1n) is 9.58. The molecule has 0 unspecified atom stereocenters. The van der Waals surface area contributed by atoms with Gasteiger partial charge in [-0.2, -0.15) is 0 Å². The standard InChI is InChI=1S/C22H23FN2O2/c23-17-11-12-19-18(13-17)21(15-7-3-1-4-8-15)25(14-20(26)24-19)22(27)16-9-5-2-6-10-16/h1,3-4,7-8,11-13,16,21H,2,5-6,9-10,14H2,(H,24,26)/t21-/m1/s1. The van der Waals surface area contributed by atoms with E-state index >= 15 is 0 Å². The van der Waals surface area contributed by atoms with Gasteiger partial charge in [-0.25, -0.2) is 4.39 Å². The molecule has 1 aliphatic carbocycles. The van der Waals surface area contributed by atoms with Crippen molar-refractivity contribution in [2.45, 2.75) is 38.1 Å². The molecule has 2 aromatic carbocycles. The number of hydrogen-bond donors (Lipinski definition) is 1. The number of hydrogen-bond acceptors (Lipinski definition) is 2. The van der Waals surface area contributed by atoms with Crippen LogP contribution in [0.2, 0.25) is 0 Å². The molecule has 27 heavy (non-hydrogen) atoms. The lowest BCUT2D eigenvalue weighted by Crippen LogP contribution is -2.42. The summed E-state index contributed by atoms with van der Waals surface area (Å²) in [5.74, 6) is -0.690. The van der Waals surface area contributed by atoms with Crippen molar-refractivity contribution >= 4 is 17.5 Å². The number of fused-ring (bicyclic) bond motifs is 1. The minimum Gasteiger partial charge on any atom is -0.324 e. The van der Waals surface area contributed by atoms with Gasteiger partial charge in [0.05, 0.1) is 6.04 Å². The molecular formula is C22H23FN2O2. The number of nitrogens with one attached hydrogen (secondary N) is 1. The van der Waals surface area contributed by atoms with E-state index in [9.17, 15) is 14.0 Å². The minimum atomic E-state index is -0.481. The largest absolute Gasteiger partial charge is 0.324 e. The molecule has 4 rings (SSSR count). The van der Waals surface area contributed by atoms with Crippen molar-refractivity contribution in [1.82, 2.24) is 4.90 Å². The number of halogens is 1. The number of anilines is 1. The highest BCUT2D eigenvalue weighted by molar-refractivity contribution is 5.97. The molecule has 2 aliphatic rings. The number of carbonyl (C=O) groups is 2. The van der Waals surface area contributed by atoms with Crippen molar-refractivity contribution in [3.8, 4) is 0 Å². The van der Waals surface area contributed by atoms with E-state index < -0.39 is 6.04 Å². The SMILES string of the molecule is O=C1CN(C(=O)C2CCCCC2)[C@H](c2ccccc2)c2cc(F)ccc2N1. The Morgan fingerprint density at radius 3 is 2.52 bits per heavy atom. The summed E-state index contributed by atoms with van der Waals surface area (Å²) in [6.45, 7) is -0.0226. The molecule has 1 N–H and O–H groups in total. The van der Waals surface area contributed by atoms with E-state index in [-0.39, 0.29) is 30.1 Å². The fourth-order valence-electron chi connectivity index (χ4n) is 4.26. The predicted molar refractivity (Wildman–Crippen MR) is 102 cm³/mol. The van der Waals surface area contributed by atoms with Crippen molar-refractivity contribution in [2.75, 3.05) is 11.9 Å². The van der Waals surface area contributed by atoms with Crippen molar-refractivity contribution in [2.24, 2.45) is 5.92 Å². The van der Waals surface area contributed by atoms with Gasteiger partial charge < -0.3 is 10.2 Å². The summed E-state index contributed by atoms with van der Waals surface area (Å²) >= 11 is 0. The fourth-order valence-corrected chi connectivity index (χ4v) is 4.26. The molecule has 5 heteroatoms. The lowest BCUT2D eigenvalue weighted by atomic mass is 9.87. The Morgan fingerprint density at radius 2 is 1.78 bits per heavy atom. The molecule has 4 nitrogen and oxygen atoms in total. The van der Waals surface area contributed by atoms with Gasteiger partial charge in [-0.05, 0) is 36.6 Å². The van der Waals surface area contributed by atoms with Gasteiger partial charge >= 0.3 is 0 Å². The van der Waals surface area contributed by atoms with Crippen LogP contribution in [0.5, 0.6) is 0 Å². The molecule has 1 fully saturated rings. The zero-order valence-corrected chi connectivity index (χ0v) is 15.2. The van der Waals surface area contributed by atoms with Gasteiger partial charge in [0.1, 0.15) is 12.4 Å². The van der Waals surface area contributed by atoms with Crippen LogP contribution in [0.15, 0.2) is 48.5 Å². The van der Waals surface area contributed by atoms with Crippen molar-refractivity contribution in [3.05, 3.63) is 65.5 Å². The van der Waals surface area contributed by atoms with E-state index in [2.05, 4.69) is 5.32 Å². The Hall–Kier alpha value is -2.69. The molecule has 1 heterocycles. The maximum absolute atomic E-state index is 14.1. The average Bonchev–Trinajstić information content (AvgIpc) is 2.84. The van der Waals surface area contributed by atoms with E-state index in [0.717, 1.165) is 37.7 Å². The van der Waals surface area contributed by atoms with Crippen LogP contribution in [-0.4, -0.2) is 23.3 Å². The third kappa shape index (κ3) is 3.59. The van der Waals surface area contributed by atoms with Crippen LogP contribution in [0.25, 0.3) is 0 Å². The minimum absolute atomic E-state index is 0.00388. The zero-order chi connectivity index (χ0) is 18.8. The first-order valence-corrected chi connectivity index (χ1v) is 9.58. The Bertz CT molecular complexity index is 847. The molecule has 2 aromatic rings. The van der Waals surface area contributed by atoms with Crippen molar-refractivity contribution in [1.29, 1.82) is 0 Å². The summed E-state index contributed by atoms with van der Waals surface area (Å²) in [5.41, 5.74) is 2.07. The van der Waals surface area contributed by atoms with Gasteiger partial charge in [-0.1, -0.05) is 49.6 Å². The summed E-state index contributed by atoms with van der Waals surface area (Å²) in [5, 5.41) is 2.84. The Morgan fingerprint density at radius 1 is 1.04 bits per heavy atom. The molecule has 1 saturated carbocycles. The number of nitrogens with zero attached hydrogens (tertiary/aromatic N) is 1. The first-order chi connectivity index (χ1) is 13.1. The van der Waals surface area contributed by atoms with Crippen LogP contribution in [0.4, 0.5) is 10.1 Å². The second-order valence-corrected chi connectivity index (χ2v) is 7.39. The van der Waals surface area contributed by atoms with Crippen LogP contribution < -0.4 is 5.32 Å². The molecule has 140 valence electrons. The van der Waals surface area contributed by atoms with Gasteiger partial charge in [0.15, 0.2) is 0 Å². The molecule has 0 aromatic heterocycles. The van der Waals surface area contributed by atoms with Gasteiger partial charge in [-0.3, -0.25) is 9.59 Å². The Labute approximate surface area is 158 Å². The average molecular weight is 366 g/mol. The molecule has 0 radical (unpaired) electrons. The highest BCUT2D eigenvalue weighted by Crippen LogP contribution is 2.38. The number of benzene rings is 2. The summed E-state index contributed by atoms with van der Waals surface area (Å²) in [6.07, 6.45) is 4.94. The van der Waals surface area contributed by atoms with E-state index in [1.54, 1.807) is 11.0 Å². The van der Waals surface area contributed by atoms with E-state index in [4.69, 9.17) is 0 Å². The number of rotatable bonds is 2. The van der Waals surface area contributed by atoms with Crippen LogP contribution in [0.3, 0.4) is 0 Å². The lowest BCUT2D eigenvalue weighted by molar-refractivity contribution is -0.140. The van der Waals surface area contributed by atoms with Gasteiger partial charge in [0, 0.05) is 17.2 Å². The van der Waals surface area contributed by atoms with Crippen molar-refractivity contribution in [3.63, 3.8) is 0 Å². The molecule has 0 bridgehead atoms. The normalized spacial score (nSPS) is 20.6. The second-order valence-electron chi connectivity index (χ2n) is 7.39. The molecule has 1 aliphatic heterocycles. The smallest absolute Gasteiger partial charge is 0.244 e. The Kier molecular flexibility index (Phi) is 4.92. The lowest BCUT2D eigenvalue weighted by Gasteiger charge is -2.34.